The molecule has 0 amide bonds. The molecule has 1 aliphatic carbocycles. The molecule has 0 aliphatic heterocycles. The molecular weight excluding hydrogens is 162 g/mol. The average Bonchev–Trinajstić information content (AvgIpc) is 2.41. The third kappa shape index (κ3) is 0.952. The first kappa shape index (κ1) is 7.92. The van der Waals surface area contributed by atoms with Crippen molar-refractivity contribution in [1.82, 2.24) is 0 Å². The lowest BCUT2D eigenvalue weighted by Gasteiger charge is -1.92. The van der Waals surface area contributed by atoms with Gasteiger partial charge in [-0.1, -0.05) is 30.3 Å². The second-order valence-corrected chi connectivity index (χ2v) is 2.95. The first-order valence-electron chi connectivity index (χ1n) is 4.15. The van der Waals surface area contributed by atoms with Gasteiger partial charge < -0.3 is 0 Å². The van der Waals surface area contributed by atoms with Crippen LogP contribution in [0.3, 0.4) is 0 Å². The summed E-state index contributed by atoms with van der Waals surface area (Å²) in [5, 5.41) is 7.73. The van der Waals surface area contributed by atoms with Crippen molar-refractivity contribution in [2.24, 2.45) is 0 Å². The van der Waals surface area contributed by atoms with Crippen molar-refractivity contribution in [3.05, 3.63) is 47.0 Å². The van der Waals surface area contributed by atoms with E-state index in [9.17, 15) is 4.79 Å². The molecule has 0 aromatic heterocycles. The zero-order valence-electron chi connectivity index (χ0n) is 7.29. The van der Waals surface area contributed by atoms with E-state index >= 15 is 0 Å². The molecule has 1 N–H and O–H groups in total. The van der Waals surface area contributed by atoms with Crippen LogP contribution in [-0.2, 0) is 0 Å². The Morgan fingerprint density at radius 2 is 1.85 bits per heavy atom. The summed E-state index contributed by atoms with van der Waals surface area (Å²) < 4.78 is 0. The zero-order valence-corrected chi connectivity index (χ0v) is 7.29. The average molecular weight is 171 g/mol. The Morgan fingerprint density at radius 3 is 2.38 bits per heavy atom. The first-order chi connectivity index (χ1) is 6.25. The maximum Gasteiger partial charge on any atom is 0.195 e. The normalized spacial score (nSPS) is 18.1. The second kappa shape index (κ2) is 2.66. The molecule has 64 valence electrons. The van der Waals surface area contributed by atoms with Gasteiger partial charge in [-0.05, 0) is 6.92 Å². The van der Waals surface area contributed by atoms with Crippen molar-refractivity contribution in [2.45, 2.75) is 6.92 Å². The number of ketones is 1. The molecule has 1 aliphatic rings. The molecule has 0 saturated carbocycles. The van der Waals surface area contributed by atoms with E-state index in [0.29, 0.717) is 16.8 Å². The van der Waals surface area contributed by atoms with E-state index in [2.05, 4.69) is 0 Å². The van der Waals surface area contributed by atoms with Crippen molar-refractivity contribution in [3.63, 3.8) is 0 Å². The molecule has 0 spiro atoms. The topological polar surface area (TPSA) is 40.9 Å². The Hall–Kier alpha value is -1.70. The summed E-state index contributed by atoms with van der Waals surface area (Å²) in [6, 6.07) is 7.25. The highest BCUT2D eigenvalue weighted by molar-refractivity contribution is 6.40. The van der Waals surface area contributed by atoms with E-state index in [1.807, 2.05) is 18.2 Å². The van der Waals surface area contributed by atoms with Gasteiger partial charge in [0.2, 0.25) is 0 Å². The van der Waals surface area contributed by atoms with Gasteiger partial charge in [-0.25, -0.2) is 0 Å². The van der Waals surface area contributed by atoms with Gasteiger partial charge >= 0.3 is 0 Å². The number of carbonyl (C=O) groups is 1. The van der Waals surface area contributed by atoms with Gasteiger partial charge in [-0.15, -0.1) is 0 Å². The van der Waals surface area contributed by atoms with E-state index in [0.717, 1.165) is 5.56 Å². The molecule has 0 unspecified atom stereocenters. The molecule has 1 aromatic rings. The van der Waals surface area contributed by atoms with Gasteiger partial charge in [-0.3, -0.25) is 10.2 Å². The molecule has 0 radical (unpaired) electrons. The molecule has 13 heavy (non-hydrogen) atoms. The van der Waals surface area contributed by atoms with Crippen molar-refractivity contribution in [3.8, 4) is 0 Å². The molecule has 2 nitrogen and oxygen atoms in total. The van der Waals surface area contributed by atoms with Gasteiger partial charge in [0.15, 0.2) is 5.78 Å². The summed E-state index contributed by atoms with van der Waals surface area (Å²) in [5.41, 5.74) is 2.27. The Bertz CT molecular complexity index is 392. The fourth-order valence-electron chi connectivity index (χ4n) is 1.58. The number of hydrogen-bond acceptors (Lipinski definition) is 2. The fraction of sp³-hybridized carbons (Fsp3) is 0.0909. The van der Waals surface area contributed by atoms with Crippen LogP contribution in [0.15, 0.2) is 35.9 Å². The van der Waals surface area contributed by atoms with E-state index < -0.39 is 0 Å². The number of allylic oxidation sites excluding steroid dienone is 2. The van der Waals surface area contributed by atoms with Gasteiger partial charge in [-0.2, -0.15) is 0 Å². The summed E-state index contributed by atoms with van der Waals surface area (Å²) in [4.78, 5) is 11.6. The molecule has 0 bridgehead atoms. The van der Waals surface area contributed by atoms with Gasteiger partial charge in [0.05, 0.1) is 5.71 Å². The van der Waals surface area contributed by atoms with Crippen LogP contribution in [-0.4, -0.2) is 11.5 Å². The maximum atomic E-state index is 11.6. The minimum atomic E-state index is -0.0249. The molecule has 2 heteroatoms. The third-order valence-corrected chi connectivity index (χ3v) is 2.24. The highest BCUT2D eigenvalue weighted by atomic mass is 16.1. The Morgan fingerprint density at radius 1 is 1.23 bits per heavy atom. The summed E-state index contributed by atoms with van der Waals surface area (Å²) in [7, 11) is 0. The summed E-state index contributed by atoms with van der Waals surface area (Å²) in [6.45, 7) is 1.79. The Balaban J connectivity index is 2.71. The number of fused-ring (bicyclic) bond motifs is 1. The quantitative estimate of drug-likeness (QED) is 0.597. The number of benzene rings is 1. The zero-order chi connectivity index (χ0) is 9.42. The van der Waals surface area contributed by atoms with Gasteiger partial charge in [0.1, 0.15) is 0 Å². The predicted octanol–water partition coefficient (Wildman–Crippen LogP) is 2.20. The fourth-order valence-corrected chi connectivity index (χ4v) is 1.58. The van der Waals surface area contributed by atoms with Crippen LogP contribution < -0.4 is 0 Å². The molecule has 0 heterocycles. The molecule has 0 fully saturated rings. The van der Waals surface area contributed by atoms with Crippen LogP contribution >= 0.6 is 0 Å². The van der Waals surface area contributed by atoms with E-state index in [1.165, 1.54) is 0 Å². The summed E-state index contributed by atoms with van der Waals surface area (Å²) >= 11 is 0. The molecule has 2 rings (SSSR count). The largest absolute Gasteiger partial charge is 0.299 e. The first-order valence-corrected chi connectivity index (χ1v) is 4.15. The van der Waals surface area contributed by atoms with Crippen LogP contribution in [0.2, 0.25) is 0 Å². The lowest BCUT2D eigenvalue weighted by molar-refractivity contribution is 0.104. The third-order valence-electron chi connectivity index (χ3n) is 2.24. The van der Waals surface area contributed by atoms with Crippen LogP contribution in [0.25, 0.3) is 0 Å². The van der Waals surface area contributed by atoms with Gasteiger partial charge in [0.25, 0.3) is 0 Å². The molecule has 0 saturated heterocycles. The highest BCUT2D eigenvalue weighted by Gasteiger charge is 2.28. The maximum absolute atomic E-state index is 11.6. The number of rotatable bonds is 0. The van der Waals surface area contributed by atoms with Crippen LogP contribution in [0, 0.1) is 5.41 Å². The number of hydrogen-bond donors (Lipinski definition) is 1. The molecule has 1 aromatic carbocycles. The summed E-state index contributed by atoms with van der Waals surface area (Å²) in [5.74, 6) is -0.0249. The van der Waals surface area contributed by atoms with Crippen molar-refractivity contribution >= 4 is 11.5 Å². The predicted molar refractivity (Wildman–Crippen MR) is 51.4 cm³/mol. The standard InChI is InChI=1S/C11H9NO/c1-2-7-10(12)8-5-3-4-6-9(8)11(7)13/h2-6,12H,1H3/b7-2-,12-10?. The van der Waals surface area contributed by atoms with Gasteiger partial charge in [0, 0.05) is 16.7 Å². The van der Waals surface area contributed by atoms with Crippen LogP contribution in [0.5, 0.6) is 0 Å². The SMILES string of the molecule is C/C=C1/C(=N)c2ccccc2C1=O. The van der Waals surface area contributed by atoms with Crippen LogP contribution in [0.4, 0.5) is 0 Å². The molecule has 0 atom stereocenters. The van der Waals surface area contributed by atoms with E-state index in [4.69, 9.17) is 5.41 Å². The minimum absolute atomic E-state index is 0.0249. The van der Waals surface area contributed by atoms with E-state index in [1.54, 1.807) is 19.1 Å². The Labute approximate surface area is 76.4 Å². The summed E-state index contributed by atoms with van der Waals surface area (Å²) in [6.07, 6.45) is 1.70. The highest BCUT2D eigenvalue weighted by Crippen LogP contribution is 2.25. The van der Waals surface area contributed by atoms with E-state index in [-0.39, 0.29) is 5.78 Å². The van der Waals surface area contributed by atoms with Crippen molar-refractivity contribution < 1.29 is 4.79 Å². The monoisotopic (exact) mass is 171 g/mol. The number of nitrogens with one attached hydrogen (secondary N) is 1. The van der Waals surface area contributed by atoms with Crippen LogP contribution in [0.1, 0.15) is 22.8 Å². The number of carbonyl (C=O) groups excluding carboxylic acids is 1. The Kier molecular flexibility index (Phi) is 1.62. The smallest absolute Gasteiger partial charge is 0.195 e. The second-order valence-electron chi connectivity index (χ2n) is 2.95. The number of Topliss-reactive ketones (excluding diaryl/α,β-unsaturated/α-hetero) is 1. The minimum Gasteiger partial charge on any atom is -0.299 e. The molecular formula is C11H9NO. The van der Waals surface area contributed by atoms with Crippen molar-refractivity contribution in [2.75, 3.05) is 0 Å². The lowest BCUT2D eigenvalue weighted by atomic mass is 10.1. The lowest BCUT2D eigenvalue weighted by Crippen LogP contribution is -1.99. The van der Waals surface area contributed by atoms with Crippen molar-refractivity contribution in [1.29, 1.82) is 5.41 Å².